The quantitative estimate of drug-likeness (QED) is 0.470. The van der Waals surface area contributed by atoms with E-state index < -0.39 is 14.9 Å². The largest absolute Gasteiger partial charge is 0.283 e. The van der Waals surface area contributed by atoms with Gasteiger partial charge in [0.2, 0.25) is 0 Å². The van der Waals surface area contributed by atoms with Gasteiger partial charge in [-0.2, -0.15) is 17.6 Å². The third-order valence-electron chi connectivity index (χ3n) is 4.01. The molecule has 1 heterocycles. The Kier molecular flexibility index (Phi) is 5.07. The minimum Gasteiger partial charge on any atom is -0.258 e. The van der Waals surface area contributed by atoms with Crippen molar-refractivity contribution in [3.8, 4) is 0 Å². The second kappa shape index (κ2) is 7.16. The Balaban J connectivity index is 2.06. The zero-order valence-electron chi connectivity index (χ0n) is 14.9. The van der Waals surface area contributed by atoms with Crippen LogP contribution in [0.25, 0.3) is 0 Å². The lowest BCUT2D eigenvalue weighted by Gasteiger charge is -2.07. The van der Waals surface area contributed by atoms with E-state index >= 15 is 0 Å². The molecule has 0 aliphatic heterocycles. The van der Waals surface area contributed by atoms with Gasteiger partial charge in [-0.3, -0.25) is 10.1 Å². The lowest BCUT2D eigenvalue weighted by molar-refractivity contribution is -0.387. The molecule has 0 N–H and O–H groups in total. The predicted molar refractivity (Wildman–Crippen MR) is 103 cm³/mol. The van der Waals surface area contributed by atoms with Crippen LogP contribution < -0.4 is 0 Å². The SMILES string of the molecule is Cc1ccc(S(=O)(=O)n2nc(C)c(Sc3ccccc3[N+](=O)[O-])c2C)cc1. The number of para-hydroxylation sites is 1. The summed E-state index contributed by atoms with van der Waals surface area (Å²) in [7, 11) is -3.85. The van der Waals surface area contributed by atoms with Crippen LogP contribution in [0.1, 0.15) is 17.0 Å². The third kappa shape index (κ3) is 3.60. The van der Waals surface area contributed by atoms with Crippen LogP contribution in [0.2, 0.25) is 0 Å². The van der Waals surface area contributed by atoms with Crippen LogP contribution >= 0.6 is 11.8 Å². The Hall–Kier alpha value is -2.65. The van der Waals surface area contributed by atoms with Gasteiger partial charge in [-0.05, 0) is 39.0 Å². The van der Waals surface area contributed by atoms with Gasteiger partial charge in [0.05, 0.1) is 31.0 Å². The molecule has 0 fully saturated rings. The van der Waals surface area contributed by atoms with E-state index in [1.54, 1.807) is 44.2 Å². The molecule has 27 heavy (non-hydrogen) atoms. The number of hydrogen-bond donors (Lipinski definition) is 0. The van der Waals surface area contributed by atoms with Crippen molar-refractivity contribution < 1.29 is 13.3 Å². The van der Waals surface area contributed by atoms with Gasteiger partial charge in [0, 0.05) is 6.07 Å². The Morgan fingerprint density at radius 3 is 2.30 bits per heavy atom. The normalized spacial score (nSPS) is 11.5. The lowest BCUT2D eigenvalue weighted by Crippen LogP contribution is -2.16. The zero-order valence-corrected chi connectivity index (χ0v) is 16.5. The highest BCUT2D eigenvalue weighted by Crippen LogP contribution is 2.38. The van der Waals surface area contributed by atoms with Gasteiger partial charge in [-0.25, -0.2) is 0 Å². The van der Waals surface area contributed by atoms with Gasteiger partial charge in [-0.15, -0.1) is 0 Å². The second-order valence-corrected chi connectivity index (χ2v) is 8.81. The zero-order chi connectivity index (χ0) is 19.8. The fourth-order valence-corrected chi connectivity index (χ4v) is 5.06. The number of nitrogens with zero attached hydrogens (tertiary/aromatic N) is 3. The molecular weight excluding hydrogens is 386 g/mol. The number of nitro benzene ring substituents is 1. The van der Waals surface area contributed by atoms with Crippen molar-refractivity contribution in [3.05, 3.63) is 75.6 Å². The molecule has 2 aromatic carbocycles. The maximum Gasteiger partial charge on any atom is 0.283 e. The summed E-state index contributed by atoms with van der Waals surface area (Å²) >= 11 is 1.14. The van der Waals surface area contributed by atoms with Crippen LogP contribution in [0.4, 0.5) is 5.69 Å². The van der Waals surface area contributed by atoms with Gasteiger partial charge in [0.1, 0.15) is 0 Å². The second-order valence-electron chi connectivity index (χ2n) is 5.99. The standard InChI is InChI=1S/C18H17N3O4S2/c1-12-8-10-15(11-9-12)27(24,25)20-14(3)18(13(2)19-20)26-17-7-5-4-6-16(17)21(22)23/h4-11H,1-3H3. The highest BCUT2D eigenvalue weighted by Gasteiger charge is 2.25. The molecular formula is C18H17N3O4S2. The van der Waals surface area contributed by atoms with Crippen molar-refractivity contribution in [1.82, 2.24) is 9.19 Å². The number of benzene rings is 2. The molecule has 3 aromatic rings. The monoisotopic (exact) mass is 403 g/mol. The predicted octanol–water partition coefficient (Wildman–Crippen LogP) is 4.10. The molecule has 0 spiro atoms. The first-order chi connectivity index (χ1) is 12.7. The molecule has 7 nitrogen and oxygen atoms in total. The van der Waals surface area contributed by atoms with E-state index in [9.17, 15) is 18.5 Å². The van der Waals surface area contributed by atoms with Crippen LogP contribution in [0.3, 0.4) is 0 Å². The minimum absolute atomic E-state index is 0.0320. The molecule has 0 bridgehead atoms. The average molecular weight is 403 g/mol. The van der Waals surface area contributed by atoms with Crippen molar-refractivity contribution >= 4 is 27.5 Å². The Morgan fingerprint density at radius 2 is 1.67 bits per heavy atom. The van der Waals surface area contributed by atoms with Crippen molar-refractivity contribution in [2.45, 2.75) is 35.5 Å². The Morgan fingerprint density at radius 1 is 1.04 bits per heavy atom. The summed E-state index contributed by atoms with van der Waals surface area (Å²) < 4.78 is 26.9. The smallest absolute Gasteiger partial charge is 0.258 e. The van der Waals surface area contributed by atoms with E-state index in [-0.39, 0.29) is 10.6 Å². The Bertz CT molecular complexity index is 1120. The van der Waals surface area contributed by atoms with E-state index in [4.69, 9.17) is 0 Å². The first-order valence-electron chi connectivity index (χ1n) is 8.01. The molecule has 0 saturated carbocycles. The number of aromatic nitrogens is 2. The van der Waals surface area contributed by atoms with E-state index in [0.717, 1.165) is 21.4 Å². The number of aryl methyl sites for hydroxylation is 2. The van der Waals surface area contributed by atoms with Gasteiger partial charge in [-0.1, -0.05) is 41.6 Å². The van der Waals surface area contributed by atoms with E-state index in [2.05, 4.69) is 5.10 Å². The molecule has 0 amide bonds. The molecule has 140 valence electrons. The highest BCUT2D eigenvalue weighted by atomic mass is 32.2. The first kappa shape index (κ1) is 19.1. The molecule has 0 radical (unpaired) electrons. The lowest BCUT2D eigenvalue weighted by atomic mass is 10.2. The van der Waals surface area contributed by atoms with Gasteiger partial charge >= 0.3 is 0 Å². The highest BCUT2D eigenvalue weighted by molar-refractivity contribution is 7.99. The van der Waals surface area contributed by atoms with E-state index in [0.29, 0.717) is 21.2 Å². The van der Waals surface area contributed by atoms with Crippen molar-refractivity contribution in [1.29, 1.82) is 0 Å². The molecule has 0 atom stereocenters. The fraction of sp³-hybridized carbons (Fsp3) is 0.167. The molecule has 0 aliphatic carbocycles. The minimum atomic E-state index is -3.85. The summed E-state index contributed by atoms with van der Waals surface area (Å²) in [5.74, 6) is 0. The summed E-state index contributed by atoms with van der Waals surface area (Å²) in [5.41, 5.74) is 1.83. The fourth-order valence-electron chi connectivity index (χ4n) is 2.60. The molecule has 3 rings (SSSR count). The van der Waals surface area contributed by atoms with Crippen LogP contribution in [0.5, 0.6) is 0 Å². The summed E-state index contributed by atoms with van der Waals surface area (Å²) in [6.07, 6.45) is 0. The topological polar surface area (TPSA) is 95.1 Å². The van der Waals surface area contributed by atoms with E-state index in [1.807, 2.05) is 6.92 Å². The summed E-state index contributed by atoms with van der Waals surface area (Å²) in [5, 5.41) is 15.4. The van der Waals surface area contributed by atoms with Crippen LogP contribution in [0, 0.1) is 30.9 Å². The van der Waals surface area contributed by atoms with Gasteiger partial charge in [0.25, 0.3) is 15.7 Å². The van der Waals surface area contributed by atoms with Gasteiger partial charge in [0.15, 0.2) is 0 Å². The third-order valence-corrected chi connectivity index (χ3v) is 7.04. The molecule has 1 aromatic heterocycles. The van der Waals surface area contributed by atoms with Crippen molar-refractivity contribution in [2.75, 3.05) is 0 Å². The maximum atomic E-state index is 12.9. The van der Waals surface area contributed by atoms with Crippen LogP contribution in [-0.2, 0) is 10.0 Å². The molecule has 0 saturated heterocycles. The summed E-state index contributed by atoms with van der Waals surface area (Å²) in [4.78, 5) is 11.9. The van der Waals surface area contributed by atoms with Gasteiger partial charge < -0.3 is 0 Å². The maximum absolute atomic E-state index is 12.9. The molecule has 0 unspecified atom stereocenters. The molecule has 0 aliphatic rings. The van der Waals surface area contributed by atoms with Crippen LogP contribution in [0.15, 0.2) is 63.2 Å². The number of rotatable bonds is 5. The summed E-state index contributed by atoms with van der Waals surface area (Å²) in [6.45, 7) is 5.20. The Labute approximate surface area is 161 Å². The first-order valence-corrected chi connectivity index (χ1v) is 10.3. The number of nitro groups is 1. The van der Waals surface area contributed by atoms with Crippen molar-refractivity contribution in [2.24, 2.45) is 0 Å². The molecule has 9 heteroatoms. The van der Waals surface area contributed by atoms with Crippen molar-refractivity contribution in [3.63, 3.8) is 0 Å². The van der Waals surface area contributed by atoms with Crippen LogP contribution in [-0.4, -0.2) is 22.5 Å². The average Bonchev–Trinajstić information content (AvgIpc) is 2.91. The number of hydrogen-bond acceptors (Lipinski definition) is 6. The van der Waals surface area contributed by atoms with E-state index in [1.165, 1.54) is 18.2 Å². The summed E-state index contributed by atoms with van der Waals surface area (Å²) in [6, 6.07) is 12.9.